The molecular weight excluding hydrogens is 1780 g/mol. The molecule has 2 N–H and O–H groups in total. The van der Waals surface area contributed by atoms with E-state index in [1.165, 1.54) is 57.8 Å². The molecule has 6 fully saturated rings. The number of anilines is 5. The number of esters is 4. The number of rotatable bonds is 23. The molecule has 0 radical (unpaired) electrons. The molecule has 19 rings (SSSR count). The molecule has 10 atom stereocenters. The van der Waals surface area contributed by atoms with Crippen LogP contribution in [0.5, 0.6) is 0 Å². The van der Waals surface area contributed by atoms with Crippen molar-refractivity contribution in [3.05, 3.63) is 257 Å². The molecule has 0 aromatic heterocycles. The summed E-state index contributed by atoms with van der Waals surface area (Å²) in [6.07, 6.45) is 6.93. The molecule has 0 aliphatic carbocycles. The zero-order chi connectivity index (χ0) is 94.8. The number of aliphatic carboxylic acids is 1. The van der Waals surface area contributed by atoms with Crippen molar-refractivity contribution in [3.8, 4) is 0 Å². The van der Waals surface area contributed by atoms with Crippen LogP contribution in [-0.2, 0) is 61.9 Å². The highest BCUT2D eigenvalue weighted by Gasteiger charge is 2.53. The largest absolute Gasteiger partial charge is 0.477 e. The molecule has 0 bridgehead atoms. The SMILES string of the molecule is CCOC(=O)C1=NN(c2ccc(F)cc2)C(N2CCOCC2)C1c1ccc(Cl)cc1.CCOC(=O)C1=NN(c2ccccc2)C(N2CCOCC2)C1N1CCOCC1.CCOC(=O)C1=NN(c2ccccc2)C(N2CCOCC2)C1c1ccccc1.COC(=O)C1=NN(c2ccccc2)C(N2CCCCC2)C1N1CCCCC1.O=C(O)C1=NN(c2ccc(Cl)cc2)C(c2ccccc2)C1CO. The highest BCUT2D eigenvalue weighted by atomic mass is 35.5. The van der Waals surface area contributed by atoms with Crippen molar-refractivity contribution >= 4 is 110 Å². The molecule has 8 aromatic rings. The van der Waals surface area contributed by atoms with Gasteiger partial charge in [-0.15, -0.1) is 0 Å². The second-order valence-corrected chi connectivity index (χ2v) is 34.8. The van der Waals surface area contributed by atoms with Crippen LogP contribution in [0.25, 0.3) is 0 Å². The van der Waals surface area contributed by atoms with Crippen LogP contribution in [0.2, 0.25) is 10.0 Å². The second-order valence-electron chi connectivity index (χ2n) is 34.0. The molecule has 10 unspecified atom stereocenters. The van der Waals surface area contributed by atoms with Crippen LogP contribution in [0.4, 0.5) is 32.8 Å². The Labute approximate surface area is 803 Å². The number of ether oxygens (including phenoxy) is 8. The number of carboxylic acids is 1. The van der Waals surface area contributed by atoms with Crippen LogP contribution in [-0.4, -0.2) is 300 Å². The third-order valence-corrected chi connectivity index (χ3v) is 26.2. The normalized spacial score (nSPS) is 24.0. The summed E-state index contributed by atoms with van der Waals surface area (Å²) in [5, 5.41) is 53.1. The molecule has 0 saturated carbocycles. The number of aliphatic hydroxyl groups is 1. The summed E-state index contributed by atoms with van der Waals surface area (Å²) in [5.74, 6) is -4.06. The first kappa shape index (κ1) is 99.0. The fourth-order valence-corrected chi connectivity index (χ4v) is 19.6. The number of halogens is 3. The minimum absolute atomic E-state index is 0.0314. The fraction of sp³-hybridized carbons (Fsp3) is 0.431. The van der Waals surface area contributed by atoms with E-state index in [1.807, 2.05) is 163 Å². The van der Waals surface area contributed by atoms with Gasteiger partial charge in [0, 0.05) is 75.5 Å². The number of hydrogen-bond donors (Lipinski definition) is 2. The summed E-state index contributed by atoms with van der Waals surface area (Å²) in [7, 11) is 1.46. The van der Waals surface area contributed by atoms with E-state index in [0.717, 1.165) is 105 Å². The number of nitrogens with zero attached hydrogens (tertiary/aromatic N) is 16. The Kier molecular flexibility index (Phi) is 35.7. The van der Waals surface area contributed by atoms with Crippen LogP contribution < -0.4 is 25.0 Å². The minimum atomic E-state index is -1.12. The van der Waals surface area contributed by atoms with E-state index in [4.69, 9.17) is 76.4 Å². The molecule has 34 heteroatoms. The minimum Gasteiger partial charge on any atom is -0.477 e. The molecule has 11 aliphatic rings. The Hall–Kier alpha value is -11.5. The summed E-state index contributed by atoms with van der Waals surface area (Å²) in [6.45, 7) is 21.5. The predicted octanol–water partition coefficient (Wildman–Crippen LogP) is 13.0. The number of hydrogen-bond acceptors (Lipinski definition) is 30. The predicted molar refractivity (Wildman–Crippen MR) is 523 cm³/mol. The van der Waals surface area contributed by atoms with E-state index in [2.05, 4.69) is 68.9 Å². The molecule has 6 saturated heterocycles. The molecule has 31 nitrogen and oxygen atoms in total. The first-order chi connectivity index (χ1) is 66.6. The Bertz CT molecular complexity index is 5350. The molecule has 8 aromatic carbocycles. The van der Waals surface area contributed by atoms with Gasteiger partial charge >= 0.3 is 29.8 Å². The highest BCUT2D eigenvalue weighted by Crippen LogP contribution is 2.44. The molecule has 0 amide bonds. The standard InChI is InChI=1S/C22H23ClFN3O3.C22H25N3O3.C21H30N4O2.C20H28N4O4.C17H15ClN2O3/c1-2-30-22(28)20-19(15-3-5-16(23)6-4-15)21(26-11-13-29-14-12-26)27(25-20)18-9-7-17(24)8-10-18;1-2-28-22(26)20-19(17-9-5-3-6-10-17)21(24-13-15-27-16-14-24)25(23-20)18-11-7-4-8-12-18;1-27-21(26)18-19(23-13-7-3-8-14-23)20(24-15-9-4-10-16-24)25(22-18)17-11-5-2-6-12-17;1-2-28-20(25)17-18(22-8-12-26-13-9-22)19(23-10-14-27-15-11-23)24(21-17)16-6-4-3-5-7-16;18-12-6-8-13(9-7-12)20-16(11-4-2-1-3-5-11)14(10-21)15(19-20)17(22)23/h3-10,19,21H,2,11-14H2,1H3;3-12,19,21H,2,13-16H2,1H3;2,5-6,11-12,19-20H,3-4,7-10,13-16H2,1H3;3-7,18-19H,2,8-15H2,1H3;1-9,14,16,21H,10H2,(H,22,23). The number of morpholine rings is 4. The molecule has 136 heavy (non-hydrogen) atoms. The zero-order valence-electron chi connectivity index (χ0n) is 77.3. The van der Waals surface area contributed by atoms with Gasteiger partial charge in [-0.1, -0.05) is 163 Å². The van der Waals surface area contributed by atoms with Gasteiger partial charge in [0.25, 0.3) is 0 Å². The van der Waals surface area contributed by atoms with Gasteiger partial charge < -0.3 is 48.1 Å². The first-order valence-electron chi connectivity index (χ1n) is 47.2. The Morgan fingerprint density at radius 2 is 0.632 bits per heavy atom. The third kappa shape index (κ3) is 23.8. The van der Waals surface area contributed by atoms with Crippen molar-refractivity contribution in [1.29, 1.82) is 0 Å². The average Bonchev–Trinajstić information content (AvgIpc) is 1.74. The van der Waals surface area contributed by atoms with E-state index >= 15 is 0 Å². The summed E-state index contributed by atoms with van der Waals surface area (Å²) in [5.41, 5.74) is 9.00. The third-order valence-electron chi connectivity index (χ3n) is 25.7. The summed E-state index contributed by atoms with van der Waals surface area (Å²) >= 11 is 12.0. The number of para-hydroxylation sites is 3. The number of benzene rings is 8. The Morgan fingerprint density at radius 1 is 0.338 bits per heavy atom. The fourth-order valence-electron chi connectivity index (χ4n) is 19.3. The maximum absolute atomic E-state index is 13.5. The van der Waals surface area contributed by atoms with Crippen LogP contribution in [0, 0.1) is 11.7 Å². The van der Waals surface area contributed by atoms with Crippen LogP contribution in [0.3, 0.4) is 0 Å². The van der Waals surface area contributed by atoms with Crippen molar-refractivity contribution in [1.82, 2.24) is 29.4 Å². The van der Waals surface area contributed by atoms with Gasteiger partial charge in [0.2, 0.25) is 0 Å². The van der Waals surface area contributed by atoms with Gasteiger partial charge in [-0.2, -0.15) is 25.5 Å². The van der Waals surface area contributed by atoms with Crippen molar-refractivity contribution in [3.63, 3.8) is 0 Å². The molecule has 0 spiro atoms. The number of carbonyl (C=O) groups is 5. The number of methoxy groups -OCH3 is 1. The van der Waals surface area contributed by atoms with Gasteiger partial charge in [-0.25, -0.2) is 48.4 Å². The molecular formula is C102H121Cl2FN16O15. The number of likely N-dealkylation sites (tertiary alicyclic amines) is 2. The quantitative estimate of drug-likeness (QED) is 0.0444. The smallest absolute Gasteiger partial charge is 0.356 e. The summed E-state index contributed by atoms with van der Waals surface area (Å²) < 4.78 is 56.9. The monoisotopic (exact) mass is 1900 g/mol. The average molecular weight is 1900 g/mol. The van der Waals surface area contributed by atoms with Crippen molar-refractivity contribution in [2.45, 2.75) is 114 Å². The number of hydrazone groups is 5. The van der Waals surface area contributed by atoms with E-state index in [1.54, 1.807) is 65.5 Å². The number of carbonyl (C=O) groups excluding carboxylic acids is 4. The van der Waals surface area contributed by atoms with Crippen molar-refractivity contribution in [2.75, 3.05) is 190 Å². The van der Waals surface area contributed by atoms with Crippen molar-refractivity contribution in [2.24, 2.45) is 31.4 Å². The highest BCUT2D eigenvalue weighted by molar-refractivity contribution is 6.42. The molecule has 720 valence electrons. The lowest BCUT2D eigenvalue weighted by molar-refractivity contribution is -0.136. The lowest BCUT2D eigenvalue weighted by atomic mass is 9.90. The van der Waals surface area contributed by atoms with Gasteiger partial charge in [-0.3, -0.25) is 34.4 Å². The van der Waals surface area contributed by atoms with E-state index < -0.39 is 17.9 Å². The van der Waals surface area contributed by atoms with Crippen LogP contribution in [0.15, 0.2) is 250 Å². The number of aliphatic hydroxyl groups excluding tert-OH is 1. The maximum Gasteiger partial charge on any atom is 0.356 e. The second kappa shape index (κ2) is 49.0. The molecule has 11 heterocycles. The van der Waals surface area contributed by atoms with Crippen molar-refractivity contribution < 1.29 is 76.5 Å². The zero-order valence-corrected chi connectivity index (χ0v) is 78.9. The Morgan fingerprint density at radius 3 is 1.02 bits per heavy atom. The number of piperidine rings is 2. The lowest BCUT2D eigenvalue weighted by Gasteiger charge is -2.43. The van der Waals surface area contributed by atoms with Crippen LogP contribution >= 0.6 is 23.2 Å². The molecule has 11 aliphatic heterocycles. The van der Waals surface area contributed by atoms with E-state index in [0.29, 0.717) is 118 Å². The summed E-state index contributed by atoms with van der Waals surface area (Å²) in [4.78, 5) is 76.9. The van der Waals surface area contributed by atoms with Gasteiger partial charge in [0.15, 0.2) is 28.6 Å². The Balaban J connectivity index is 0.000000130. The first-order valence-corrected chi connectivity index (χ1v) is 47.9. The maximum atomic E-state index is 13.5. The van der Waals surface area contributed by atoms with Gasteiger partial charge in [0.1, 0.15) is 30.5 Å². The van der Waals surface area contributed by atoms with E-state index in [-0.39, 0.29) is 97.3 Å². The van der Waals surface area contributed by atoms with E-state index in [9.17, 15) is 38.6 Å². The number of carboxylic acid groups (broad SMARTS) is 1. The van der Waals surface area contributed by atoms with Gasteiger partial charge in [0.05, 0.1) is 151 Å². The van der Waals surface area contributed by atoms with Crippen LogP contribution in [0.1, 0.15) is 93.9 Å². The van der Waals surface area contributed by atoms with Gasteiger partial charge in [-0.05, 0) is 173 Å². The topological polar surface area (TPSA) is 297 Å². The summed E-state index contributed by atoms with van der Waals surface area (Å²) in [6, 6.07) is 69.8. The lowest BCUT2D eigenvalue weighted by Crippen LogP contribution is -2.62.